The van der Waals surface area contributed by atoms with Crippen LogP contribution in [0.4, 0.5) is 0 Å². The van der Waals surface area contributed by atoms with Crippen molar-refractivity contribution in [2.24, 2.45) is 0 Å². The molecule has 2 rings (SSSR count). The Bertz CT molecular complexity index is 616. The van der Waals surface area contributed by atoms with Gasteiger partial charge in [0.05, 0.1) is 5.56 Å². The molecule has 2 aromatic carbocycles. The minimum atomic E-state index is 0.389. The minimum absolute atomic E-state index is 0.389. The lowest BCUT2D eigenvalue weighted by atomic mass is 10.1. The van der Waals surface area contributed by atoms with Crippen LogP contribution < -0.4 is 4.74 Å². The topological polar surface area (TPSA) is 33.0 Å². The molecule has 0 spiro atoms. The summed E-state index contributed by atoms with van der Waals surface area (Å²) >= 11 is 5.77. The molecule has 0 bridgehead atoms. The van der Waals surface area contributed by atoms with Crippen molar-refractivity contribution in [2.45, 2.75) is 19.2 Å². The fourth-order valence-corrected chi connectivity index (χ4v) is 2.02. The van der Waals surface area contributed by atoms with Crippen LogP contribution in [0.1, 0.15) is 23.6 Å². The Kier molecular flexibility index (Phi) is 4.43. The highest BCUT2D eigenvalue weighted by molar-refractivity contribution is 6.17. The number of nitriles is 1. The molecule has 3 heteroatoms. The van der Waals surface area contributed by atoms with E-state index in [2.05, 4.69) is 13.0 Å². The summed E-state index contributed by atoms with van der Waals surface area (Å²) in [7, 11) is 0. The minimum Gasteiger partial charge on any atom is -0.456 e. The molecule has 2 nitrogen and oxygen atoms in total. The molecular weight excluding hydrogens is 258 g/mol. The molecule has 19 heavy (non-hydrogen) atoms. The second-order valence-corrected chi connectivity index (χ2v) is 4.41. The fraction of sp³-hybridized carbons (Fsp3) is 0.188. The second kappa shape index (κ2) is 6.26. The fourth-order valence-electron chi connectivity index (χ4n) is 1.85. The van der Waals surface area contributed by atoms with E-state index in [9.17, 15) is 0 Å². The number of benzene rings is 2. The van der Waals surface area contributed by atoms with Crippen molar-refractivity contribution in [3.8, 4) is 17.6 Å². The van der Waals surface area contributed by atoms with Gasteiger partial charge < -0.3 is 4.74 Å². The zero-order chi connectivity index (χ0) is 13.7. The van der Waals surface area contributed by atoms with Gasteiger partial charge in [0.2, 0.25) is 0 Å². The lowest BCUT2D eigenvalue weighted by Crippen LogP contribution is -1.93. The van der Waals surface area contributed by atoms with Gasteiger partial charge in [-0.25, -0.2) is 0 Å². The summed E-state index contributed by atoms with van der Waals surface area (Å²) in [6.07, 6.45) is 0.887. The number of ether oxygens (including phenoxy) is 1. The molecule has 0 atom stereocenters. The molecule has 0 fully saturated rings. The maximum absolute atomic E-state index is 9.17. The predicted molar refractivity (Wildman–Crippen MR) is 76.6 cm³/mol. The number of hydrogen-bond donors (Lipinski definition) is 0. The van der Waals surface area contributed by atoms with Crippen LogP contribution in [0, 0.1) is 11.3 Å². The van der Waals surface area contributed by atoms with Crippen molar-refractivity contribution in [3.05, 3.63) is 59.2 Å². The number of aryl methyl sites for hydroxylation is 1. The van der Waals surface area contributed by atoms with Crippen molar-refractivity contribution in [3.63, 3.8) is 0 Å². The van der Waals surface area contributed by atoms with Gasteiger partial charge in [-0.2, -0.15) is 5.26 Å². The van der Waals surface area contributed by atoms with Gasteiger partial charge in [-0.05, 0) is 35.7 Å². The average molecular weight is 272 g/mol. The van der Waals surface area contributed by atoms with Crippen LogP contribution >= 0.6 is 11.6 Å². The van der Waals surface area contributed by atoms with Crippen molar-refractivity contribution in [1.82, 2.24) is 0 Å². The van der Waals surface area contributed by atoms with E-state index in [4.69, 9.17) is 21.6 Å². The molecule has 0 saturated heterocycles. The normalized spacial score (nSPS) is 9.95. The molecule has 0 unspecified atom stereocenters. The largest absolute Gasteiger partial charge is 0.456 e. The highest BCUT2D eigenvalue weighted by Crippen LogP contribution is 2.29. The smallest absolute Gasteiger partial charge is 0.145 e. The molecule has 0 saturated carbocycles. The summed E-state index contributed by atoms with van der Waals surface area (Å²) in [5.41, 5.74) is 2.53. The molecule has 0 radical (unpaired) electrons. The second-order valence-electron chi connectivity index (χ2n) is 4.14. The van der Waals surface area contributed by atoms with Gasteiger partial charge in [-0.1, -0.05) is 31.2 Å². The van der Waals surface area contributed by atoms with E-state index in [1.807, 2.05) is 30.3 Å². The van der Waals surface area contributed by atoms with Gasteiger partial charge in [-0.3, -0.25) is 0 Å². The van der Waals surface area contributed by atoms with E-state index >= 15 is 0 Å². The number of nitrogens with zero attached hydrogens (tertiary/aromatic N) is 1. The Hall–Kier alpha value is -1.98. The van der Waals surface area contributed by atoms with E-state index in [-0.39, 0.29) is 0 Å². The van der Waals surface area contributed by atoms with Crippen LogP contribution in [0.2, 0.25) is 0 Å². The van der Waals surface area contributed by atoms with E-state index in [1.54, 1.807) is 12.1 Å². The third kappa shape index (κ3) is 3.07. The van der Waals surface area contributed by atoms with Crippen LogP contribution in [-0.2, 0) is 12.3 Å². The first kappa shape index (κ1) is 13.5. The van der Waals surface area contributed by atoms with Crippen LogP contribution in [0.15, 0.2) is 42.5 Å². The number of hydrogen-bond acceptors (Lipinski definition) is 2. The van der Waals surface area contributed by atoms with Crippen LogP contribution in [0.3, 0.4) is 0 Å². The van der Waals surface area contributed by atoms with Crippen LogP contribution in [-0.4, -0.2) is 0 Å². The quantitative estimate of drug-likeness (QED) is 0.758. The van der Waals surface area contributed by atoms with E-state index in [1.165, 1.54) is 0 Å². The molecule has 0 aromatic heterocycles. The van der Waals surface area contributed by atoms with Crippen molar-refractivity contribution in [1.29, 1.82) is 5.26 Å². The third-order valence-electron chi connectivity index (χ3n) is 2.89. The van der Waals surface area contributed by atoms with E-state index < -0.39 is 0 Å². The number of para-hydroxylation sites is 1. The molecule has 0 N–H and O–H groups in total. The first-order valence-electron chi connectivity index (χ1n) is 6.13. The van der Waals surface area contributed by atoms with Crippen molar-refractivity contribution >= 4 is 11.6 Å². The zero-order valence-corrected chi connectivity index (χ0v) is 11.4. The number of halogens is 1. The molecule has 0 aliphatic carbocycles. The Morgan fingerprint density at radius 3 is 2.63 bits per heavy atom. The number of rotatable bonds is 4. The molecule has 0 aliphatic heterocycles. The lowest BCUT2D eigenvalue weighted by molar-refractivity contribution is 0.475. The SMILES string of the molecule is CCc1ccccc1Oc1ccc(CCl)cc1C#N. The Morgan fingerprint density at radius 1 is 1.16 bits per heavy atom. The monoisotopic (exact) mass is 271 g/mol. The summed E-state index contributed by atoms with van der Waals surface area (Å²) in [6, 6.07) is 15.4. The summed E-state index contributed by atoms with van der Waals surface area (Å²) in [4.78, 5) is 0. The third-order valence-corrected chi connectivity index (χ3v) is 3.20. The number of alkyl halides is 1. The van der Waals surface area contributed by atoms with E-state index in [0.717, 1.165) is 23.3 Å². The standard InChI is InChI=1S/C16H14ClNO/c1-2-13-5-3-4-6-15(13)19-16-8-7-12(10-17)9-14(16)11-18/h3-9H,2,10H2,1H3. The van der Waals surface area contributed by atoms with Gasteiger partial charge in [0, 0.05) is 5.88 Å². The predicted octanol–water partition coefficient (Wildman–Crippen LogP) is 4.65. The first-order valence-corrected chi connectivity index (χ1v) is 6.66. The van der Waals surface area contributed by atoms with Gasteiger partial charge >= 0.3 is 0 Å². The van der Waals surface area contributed by atoms with E-state index in [0.29, 0.717) is 17.2 Å². The van der Waals surface area contributed by atoms with Crippen molar-refractivity contribution in [2.75, 3.05) is 0 Å². The van der Waals surface area contributed by atoms with Gasteiger partial charge in [0.15, 0.2) is 0 Å². The summed E-state index contributed by atoms with van der Waals surface area (Å²) < 4.78 is 5.86. The molecule has 96 valence electrons. The van der Waals surface area contributed by atoms with Crippen LogP contribution in [0.5, 0.6) is 11.5 Å². The molecule has 0 amide bonds. The van der Waals surface area contributed by atoms with Gasteiger partial charge in [-0.15, -0.1) is 11.6 Å². The molecule has 2 aromatic rings. The highest BCUT2D eigenvalue weighted by Gasteiger charge is 2.08. The molecular formula is C16H14ClNO. The zero-order valence-electron chi connectivity index (χ0n) is 10.7. The summed E-state index contributed by atoms with van der Waals surface area (Å²) in [5, 5.41) is 9.17. The molecule has 0 aliphatic rings. The van der Waals surface area contributed by atoms with Crippen molar-refractivity contribution < 1.29 is 4.74 Å². The Labute approximate surface area is 118 Å². The van der Waals surface area contributed by atoms with Crippen LogP contribution in [0.25, 0.3) is 0 Å². The lowest BCUT2D eigenvalue weighted by Gasteiger charge is -2.11. The summed E-state index contributed by atoms with van der Waals surface area (Å²) in [6.45, 7) is 2.07. The maximum Gasteiger partial charge on any atom is 0.145 e. The van der Waals surface area contributed by atoms with Gasteiger partial charge in [0.1, 0.15) is 17.6 Å². The van der Waals surface area contributed by atoms with Gasteiger partial charge in [0.25, 0.3) is 0 Å². The summed E-state index contributed by atoms with van der Waals surface area (Å²) in [5.74, 6) is 1.75. The maximum atomic E-state index is 9.17. The first-order chi connectivity index (χ1) is 9.28. The Morgan fingerprint density at radius 2 is 1.95 bits per heavy atom. The Balaban J connectivity index is 2.36. The molecule has 0 heterocycles. The average Bonchev–Trinajstić information content (AvgIpc) is 2.48. The highest BCUT2D eigenvalue weighted by atomic mass is 35.5.